The average molecular weight is 357 g/mol. The van der Waals surface area contributed by atoms with Crippen LogP contribution in [0.2, 0.25) is 0 Å². The van der Waals surface area contributed by atoms with Crippen molar-refractivity contribution in [2.45, 2.75) is 123 Å². The summed E-state index contributed by atoms with van der Waals surface area (Å²) in [6, 6.07) is 0. The van der Waals surface area contributed by atoms with Gasteiger partial charge >= 0.3 is 11.9 Å². The molecule has 0 saturated carbocycles. The number of unbranched alkanes of at least 4 members (excludes halogenated alkanes) is 13. The molecule has 25 heavy (non-hydrogen) atoms. The van der Waals surface area contributed by atoms with E-state index in [0.717, 1.165) is 32.1 Å². The molecule has 0 aromatic carbocycles. The lowest BCUT2D eigenvalue weighted by molar-refractivity contribution is -0.259. The van der Waals surface area contributed by atoms with E-state index in [9.17, 15) is 9.59 Å². The smallest absolute Gasteiger partial charge is 0.247 e. The Morgan fingerprint density at radius 2 is 0.760 bits per heavy atom. The molecule has 0 radical (unpaired) electrons. The van der Waals surface area contributed by atoms with Crippen molar-refractivity contribution < 1.29 is 19.4 Å². The van der Waals surface area contributed by atoms with Crippen LogP contribution in [0.4, 0.5) is 0 Å². The molecule has 148 valence electrons. The Balaban J connectivity index is 3.31. The standard InChI is InChI=1S/C21H40O4/c1-3-5-7-9-10-11-12-13-15-17-19-21(23)25-24-20(22)18-16-14-8-6-4-2/h3-19H2,1-2H3. The van der Waals surface area contributed by atoms with E-state index in [0.29, 0.717) is 12.8 Å². The van der Waals surface area contributed by atoms with Gasteiger partial charge in [-0.2, -0.15) is 0 Å². The van der Waals surface area contributed by atoms with Gasteiger partial charge < -0.3 is 0 Å². The second-order valence-corrected chi connectivity index (χ2v) is 7.01. The minimum atomic E-state index is -0.437. The van der Waals surface area contributed by atoms with E-state index in [4.69, 9.17) is 0 Å². The first-order valence-corrected chi connectivity index (χ1v) is 10.6. The number of carbonyl (C=O) groups excluding carboxylic acids is 2. The lowest BCUT2D eigenvalue weighted by Crippen LogP contribution is -2.11. The molecule has 0 heterocycles. The van der Waals surface area contributed by atoms with Crippen LogP contribution >= 0.6 is 0 Å². The van der Waals surface area contributed by atoms with E-state index < -0.39 is 11.9 Å². The molecule has 0 rings (SSSR count). The maximum atomic E-state index is 11.5. The predicted octanol–water partition coefficient (Wildman–Crippen LogP) is 6.66. The van der Waals surface area contributed by atoms with Crippen molar-refractivity contribution in [3.63, 3.8) is 0 Å². The normalized spacial score (nSPS) is 10.6. The molecule has 0 aliphatic rings. The van der Waals surface area contributed by atoms with Crippen molar-refractivity contribution in [1.29, 1.82) is 0 Å². The third-order valence-corrected chi connectivity index (χ3v) is 4.45. The first kappa shape index (κ1) is 23.9. The van der Waals surface area contributed by atoms with E-state index >= 15 is 0 Å². The number of rotatable bonds is 17. The Hall–Kier alpha value is -1.06. The van der Waals surface area contributed by atoms with Gasteiger partial charge in [0.2, 0.25) is 0 Å². The van der Waals surface area contributed by atoms with Crippen LogP contribution in [0.5, 0.6) is 0 Å². The van der Waals surface area contributed by atoms with Gasteiger partial charge in [0.05, 0.1) is 12.8 Å². The van der Waals surface area contributed by atoms with Crippen LogP contribution in [0.25, 0.3) is 0 Å². The molecule has 0 aromatic heterocycles. The zero-order valence-electron chi connectivity index (χ0n) is 16.7. The van der Waals surface area contributed by atoms with E-state index in [1.807, 2.05) is 0 Å². The van der Waals surface area contributed by atoms with E-state index in [-0.39, 0.29) is 0 Å². The lowest BCUT2D eigenvalue weighted by Gasteiger charge is -2.04. The fourth-order valence-corrected chi connectivity index (χ4v) is 2.81. The van der Waals surface area contributed by atoms with E-state index in [2.05, 4.69) is 23.6 Å². The fourth-order valence-electron chi connectivity index (χ4n) is 2.81. The molecule has 0 aromatic rings. The molecule has 0 N–H and O–H groups in total. The Morgan fingerprint density at radius 1 is 0.480 bits per heavy atom. The largest absolute Gasteiger partial charge is 0.355 e. The van der Waals surface area contributed by atoms with Crippen LogP contribution in [0.3, 0.4) is 0 Å². The summed E-state index contributed by atoms with van der Waals surface area (Å²) in [6.07, 6.45) is 18.2. The quantitative estimate of drug-likeness (QED) is 0.166. The van der Waals surface area contributed by atoms with Gasteiger partial charge in [0, 0.05) is 0 Å². The van der Waals surface area contributed by atoms with Crippen LogP contribution in [-0.2, 0) is 19.4 Å². The molecule has 0 unspecified atom stereocenters. The molecule has 0 aliphatic heterocycles. The Bertz CT molecular complexity index is 315. The van der Waals surface area contributed by atoms with Crippen molar-refractivity contribution in [2.75, 3.05) is 0 Å². The predicted molar refractivity (Wildman–Crippen MR) is 102 cm³/mol. The third-order valence-electron chi connectivity index (χ3n) is 4.45. The average Bonchev–Trinajstić information content (AvgIpc) is 2.61. The maximum absolute atomic E-state index is 11.5. The molecule has 4 nitrogen and oxygen atoms in total. The Morgan fingerprint density at radius 3 is 1.08 bits per heavy atom. The molecule has 0 fully saturated rings. The lowest BCUT2D eigenvalue weighted by atomic mass is 10.1. The minimum Gasteiger partial charge on any atom is -0.247 e. The number of carbonyl (C=O) groups is 2. The summed E-state index contributed by atoms with van der Waals surface area (Å²) in [4.78, 5) is 32.1. The molecule has 0 bridgehead atoms. The van der Waals surface area contributed by atoms with Crippen molar-refractivity contribution in [3.05, 3.63) is 0 Å². The van der Waals surface area contributed by atoms with Crippen LogP contribution in [0.15, 0.2) is 0 Å². The second-order valence-electron chi connectivity index (χ2n) is 7.01. The summed E-state index contributed by atoms with van der Waals surface area (Å²) in [7, 11) is 0. The summed E-state index contributed by atoms with van der Waals surface area (Å²) < 4.78 is 0. The van der Waals surface area contributed by atoms with Gasteiger partial charge in [-0.1, -0.05) is 97.3 Å². The zero-order chi connectivity index (χ0) is 18.6. The first-order chi connectivity index (χ1) is 12.2. The van der Waals surface area contributed by atoms with Gasteiger partial charge in [-0.25, -0.2) is 19.4 Å². The van der Waals surface area contributed by atoms with Crippen LogP contribution in [-0.4, -0.2) is 11.9 Å². The molecular weight excluding hydrogens is 316 g/mol. The summed E-state index contributed by atoms with van der Waals surface area (Å²) >= 11 is 0. The monoisotopic (exact) mass is 356 g/mol. The molecule has 0 aliphatic carbocycles. The summed E-state index contributed by atoms with van der Waals surface area (Å²) in [5.74, 6) is -0.869. The van der Waals surface area contributed by atoms with E-state index in [1.165, 1.54) is 64.2 Å². The van der Waals surface area contributed by atoms with Gasteiger partial charge in [0.25, 0.3) is 0 Å². The van der Waals surface area contributed by atoms with Crippen LogP contribution in [0.1, 0.15) is 123 Å². The SMILES string of the molecule is CCCCCCCCCCCCC(=O)OOC(=O)CCCCCCC. The highest BCUT2D eigenvalue weighted by Gasteiger charge is 2.09. The third kappa shape index (κ3) is 19.1. The first-order valence-electron chi connectivity index (χ1n) is 10.6. The topological polar surface area (TPSA) is 52.6 Å². The Kier molecular flexibility index (Phi) is 18.5. The summed E-state index contributed by atoms with van der Waals surface area (Å²) in [5.41, 5.74) is 0. The molecular formula is C21H40O4. The number of hydrogen-bond acceptors (Lipinski definition) is 4. The minimum absolute atomic E-state index is 0.329. The van der Waals surface area contributed by atoms with Gasteiger partial charge in [-0.05, 0) is 12.8 Å². The highest BCUT2D eigenvalue weighted by molar-refractivity contribution is 5.72. The van der Waals surface area contributed by atoms with Gasteiger partial charge in [-0.3, -0.25) is 0 Å². The highest BCUT2D eigenvalue weighted by Crippen LogP contribution is 2.11. The van der Waals surface area contributed by atoms with Crippen LogP contribution in [0, 0.1) is 0 Å². The van der Waals surface area contributed by atoms with Crippen LogP contribution < -0.4 is 0 Å². The van der Waals surface area contributed by atoms with Gasteiger partial charge in [0.15, 0.2) is 0 Å². The van der Waals surface area contributed by atoms with E-state index in [1.54, 1.807) is 0 Å². The summed E-state index contributed by atoms with van der Waals surface area (Å²) in [5, 5.41) is 0. The molecule has 0 saturated heterocycles. The summed E-state index contributed by atoms with van der Waals surface area (Å²) in [6.45, 7) is 4.39. The highest BCUT2D eigenvalue weighted by atomic mass is 17.2. The maximum Gasteiger partial charge on any atom is 0.355 e. The van der Waals surface area contributed by atoms with Gasteiger partial charge in [0.1, 0.15) is 0 Å². The van der Waals surface area contributed by atoms with Gasteiger partial charge in [-0.15, -0.1) is 0 Å². The molecule has 0 atom stereocenters. The van der Waals surface area contributed by atoms with Crippen molar-refractivity contribution in [3.8, 4) is 0 Å². The Labute approximate surface area is 155 Å². The van der Waals surface area contributed by atoms with Crippen molar-refractivity contribution in [2.24, 2.45) is 0 Å². The molecule has 4 heteroatoms. The zero-order valence-corrected chi connectivity index (χ0v) is 16.7. The molecule has 0 amide bonds. The second kappa shape index (κ2) is 19.3. The van der Waals surface area contributed by atoms with Crippen molar-refractivity contribution >= 4 is 11.9 Å². The van der Waals surface area contributed by atoms with Crippen molar-refractivity contribution in [1.82, 2.24) is 0 Å². The number of hydrogen-bond donors (Lipinski definition) is 0. The molecule has 0 spiro atoms. The fraction of sp³-hybridized carbons (Fsp3) is 0.905.